The number of thiophene rings is 1. The lowest BCUT2D eigenvalue weighted by atomic mass is 10.2. The normalized spacial score (nSPS) is 10.0. The van der Waals surface area contributed by atoms with E-state index in [1.165, 1.54) is 30.6 Å². The van der Waals surface area contributed by atoms with Crippen molar-refractivity contribution in [2.24, 2.45) is 0 Å². The third-order valence-electron chi connectivity index (χ3n) is 3.03. The van der Waals surface area contributed by atoms with Crippen LogP contribution in [0.1, 0.15) is 27.0 Å². The van der Waals surface area contributed by atoms with E-state index in [2.05, 4.69) is 5.32 Å². The fourth-order valence-electron chi connectivity index (χ4n) is 1.92. The van der Waals surface area contributed by atoms with Crippen molar-refractivity contribution in [1.82, 2.24) is 5.32 Å². The van der Waals surface area contributed by atoms with Crippen LogP contribution >= 0.6 is 11.3 Å². The highest BCUT2D eigenvalue weighted by atomic mass is 32.1. The molecule has 0 radical (unpaired) electrons. The molecule has 2 aromatic rings. The molecule has 0 saturated carbocycles. The number of carbonyl (C=O) groups excluding carboxylic acids is 3. The van der Waals surface area contributed by atoms with Gasteiger partial charge in [-0.25, -0.2) is 4.79 Å². The van der Waals surface area contributed by atoms with Crippen LogP contribution in [0, 0.1) is 0 Å². The molecule has 2 amide bonds. The molecule has 1 aromatic carbocycles. The molecule has 1 heterocycles. The Kier molecular flexibility index (Phi) is 6.53. The van der Waals surface area contributed by atoms with Gasteiger partial charge in [-0.2, -0.15) is 0 Å². The maximum absolute atomic E-state index is 12.0. The first-order valence-corrected chi connectivity index (χ1v) is 8.28. The minimum absolute atomic E-state index is 0.210. The maximum atomic E-state index is 12.0. The van der Waals surface area contributed by atoms with E-state index in [9.17, 15) is 14.4 Å². The number of ether oxygens (including phenoxy) is 3. The number of nitrogens with one attached hydrogen (secondary N) is 1. The van der Waals surface area contributed by atoms with Crippen LogP contribution in [0.15, 0.2) is 35.7 Å². The van der Waals surface area contributed by atoms with E-state index in [4.69, 9.17) is 14.2 Å². The molecule has 1 aromatic heterocycles. The average molecular weight is 363 g/mol. The van der Waals surface area contributed by atoms with Crippen molar-refractivity contribution in [3.8, 4) is 11.5 Å². The molecule has 0 saturated heterocycles. The molecule has 0 spiro atoms. The van der Waals surface area contributed by atoms with E-state index < -0.39 is 24.4 Å². The molecule has 0 aliphatic carbocycles. The quantitative estimate of drug-likeness (QED) is 0.759. The van der Waals surface area contributed by atoms with Crippen LogP contribution in [-0.2, 0) is 9.53 Å². The van der Waals surface area contributed by atoms with Crippen molar-refractivity contribution < 1.29 is 28.6 Å². The molecule has 0 unspecified atom stereocenters. The largest absolute Gasteiger partial charge is 0.493 e. The van der Waals surface area contributed by atoms with Gasteiger partial charge in [0.15, 0.2) is 18.1 Å². The van der Waals surface area contributed by atoms with Crippen molar-refractivity contribution in [3.05, 3.63) is 46.2 Å². The van der Waals surface area contributed by atoms with Crippen LogP contribution in [-0.4, -0.2) is 38.1 Å². The van der Waals surface area contributed by atoms with Crippen molar-refractivity contribution in [2.75, 3.05) is 20.3 Å². The van der Waals surface area contributed by atoms with Crippen LogP contribution in [0.25, 0.3) is 0 Å². The number of imide groups is 1. The van der Waals surface area contributed by atoms with Gasteiger partial charge in [-0.1, -0.05) is 6.07 Å². The van der Waals surface area contributed by atoms with Gasteiger partial charge in [0, 0.05) is 0 Å². The number of rotatable bonds is 7. The van der Waals surface area contributed by atoms with Gasteiger partial charge in [0.05, 0.1) is 24.2 Å². The second-order valence-corrected chi connectivity index (χ2v) is 5.68. The summed E-state index contributed by atoms with van der Waals surface area (Å²) in [4.78, 5) is 35.9. The first-order valence-electron chi connectivity index (χ1n) is 7.40. The second kappa shape index (κ2) is 8.84. The number of hydrogen-bond acceptors (Lipinski definition) is 7. The molecule has 0 aliphatic heterocycles. The minimum Gasteiger partial charge on any atom is -0.493 e. The fraction of sp³-hybridized carbons (Fsp3) is 0.235. The molecule has 25 heavy (non-hydrogen) atoms. The number of methoxy groups -OCH3 is 1. The van der Waals surface area contributed by atoms with Crippen LogP contribution < -0.4 is 14.8 Å². The lowest BCUT2D eigenvalue weighted by Crippen LogP contribution is -2.33. The minimum atomic E-state index is -0.706. The van der Waals surface area contributed by atoms with Gasteiger partial charge in [0.2, 0.25) is 0 Å². The summed E-state index contributed by atoms with van der Waals surface area (Å²) in [6, 6.07) is 7.83. The summed E-state index contributed by atoms with van der Waals surface area (Å²) >= 11 is 1.21. The van der Waals surface area contributed by atoms with Crippen molar-refractivity contribution in [2.45, 2.75) is 6.92 Å². The highest BCUT2D eigenvalue weighted by molar-refractivity contribution is 7.12. The zero-order valence-corrected chi connectivity index (χ0v) is 14.6. The van der Waals surface area contributed by atoms with E-state index >= 15 is 0 Å². The lowest BCUT2D eigenvalue weighted by Gasteiger charge is -2.11. The second-order valence-electron chi connectivity index (χ2n) is 4.73. The van der Waals surface area contributed by atoms with E-state index in [-0.39, 0.29) is 5.56 Å². The van der Waals surface area contributed by atoms with Gasteiger partial charge in [-0.05, 0) is 36.6 Å². The molecule has 1 N–H and O–H groups in total. The Bertz CT molecular complexity index is 757. The average Bonchev–Trinajstić information content (AvgIpc) is 3.14. The Morgan fingerprint density at radius 2 is 1.96 bits per heavy atom. The Morgan fingerprint density at radius 3 is 2.60 bits per heavy atom. The highest BCUT2D eigenvalue weighted by Gasteiger charge is 2.16. The Balaban J connectivity index is 1.92. The number of amides is 2. The molecule has 0 aliphatic rings. The van der Waals surface area contributed by atoms with E-state index in [1.807, 2.05) is 0 Å². The third kappa shape index (κ3) is 5.05. The van der Waals surface area contributed by atoms with Gasteiger partial charge in [0.1, 0.15) is 0 Å². The number of hydrogen-bond donors (Lipinski definition) is 1. The zero-order chi connectivity index (χ0) is 18.2. The predicted octanol–water partition coefficient (Wildman–Crippen LogP) is 2.27. The Hall–Kier alpha value is -2.87. The Morgan fingerprint density at radius 1 is 1.16 bits per heavy atom. The van der Waals surface area contributed by atoms with Gasteiger partial charge in [-0.3, -0.25) is 14.9 Å². The molecule has 7 nitrogen and oxygen atoms in total. The van der Waals surface area contributed by atoms with Gasteiger partial charge < -0.3 is 14.2 Å². The van der Waals surface area contributed by atoms with Crippen LogP contribution in [0.5, 0.6) is 11.5 Å². The van der Waals surface area contributed by atoms with Gasteiger partial charge in [0.25, 0.3) is 11.8 Å². The number of esters is 1. The monoisotopic (exact) mass is 363 g/mol. The van der Waals surface area contributed by atoms with Crippen molar-refractivity contribution in [3.63, 3.8) is 0 Å². The third-order valence-corrected chi connectivity index (χ3v) is 3.90. The molecular formula is C17H17NO6S. The van der Waals surface area contributed by atoms with Gasteiger partial charge in [-0.15, -0.1) is 11.3 Å². The van der Waals surface area contributed by atoms with Gasteiger partial charge >= 0.3 is 5.97 Å². The summed E-state index contributed by atoms with van der Waals surface area (Å²) < 4.78 is 15.4. The summed E-state index contributed by atoms with van der Waals surface area (Å²) in [7, 11) is 1.49. The number of carbonyl (C=O) groups is 3. The first-order chi connectivity index (χ1) is 12.0. The zero-order valence-electron chi connectivity index (χ0n) is 13.7. The van der Waals surface area contributed by atoms with Crippen molar-refractivity contribution >= 4 is 29.1 Å². The van der Waals surface area contributed by atoms with Crippen LogP contribution in [0.4, 0.5) is 0 Å². The molecule has 0 fully saturated rings. The molecule has 0 atom stereocenters. The summed E-state index contributed by atoms with van der Waals surface area (Å²) in [5.74, 6) is -1.05. The summed E-state index contributed by atoms with van der Waals surface area (Å²) in [6.45, 7) is 1.65. The van der Waals surface area contributed by atoms with E-state index in [1.54, 1.807) is 30.5 Å². The highest BCUT2D eigenvalue weighted by Crippen LogP contribution is 2.28. The first kappa shape index (κ1) is 18.5. The van der Waals surface area contributed by atoms with Crippen molar-refractivity contribution in [1.29, 1.82) is 0 Å². The fourth-order valence-corrected chi connectivity index (χ4v) is 2.54. The molecule has 2 rings (SSSR count). The summed E-state index contributed by atoms with van der Waals surface area (Å²) in [5, 5.41) is 3.87. The summed E-state index contributed by atoms with van der Waals surface area (Å²) in [5.41, 5.74) is 0.210. The topological polar surface area (TPSA) is 90.9 Å². The predicted molar refractivity (Wildman–Crippen MR) is 91.2 cm³/mol. The lowest BCUT2D eigenvalue weighted by molar-refractivity contribution is -0.123. The summed E-state index contributed by atoms with van der Waals surface area (Å²) in [6.07, 6.45) is 0. The van der Waals surface area contributed by atoms with E-state index in [0.29, 0.717) is 23.0 Å². The molecular weight excluding hydrogens is 346 g/mol. The molecule has 0 bridgehead atoms. The molecule has 8 heteroatoms. The van der Waals surface area contributed by atoms with Crippen LogP contribution in [0.2, 0.25) is 0 Å². The molecule has 132 valence electrons. The van der Waals surface area contributed by atoms with E-state index in [0.717, 1.165) is 0 Å². The number of benzene rings is 1. The standard InChI is InChI=1S/C17H17NO6S/c1-3-23-13-9-11(6-7-12(13)22-2)17(21)24-10-15(19)18-16(20)14-5-4-8-25-14/h4-9H,3,10H2,1-2H3,(H,18,19,20). The Labute approximate surface area is 148 Å². The smallest absolute Gasteiger partial charge is 0.338 e. The van der Waals surface area contributed by atoms with Crippen LogP contribution in [0.3, 0.4) is 0 Å². The maximum Gasteiger partial charge on any atom is 0.338 e. The SMILES string of the molecule is CCOc1cc(C(=O)OCC(=O)NC(=O)c2cccs2)ccc1OC.